The van der Waals surface area contributed by atoms with Gasteiger partial charge in [-0.05, 0) is 25.7 Å². The van der Waals surface area contributed by atoms with E-state index in [-0.39, 0.29) is 35.9 Å². The molecular formula is C14H26N2O4S. The highest BCUT2D eigenvalue weighted by Crippen LogP contribution is 2.35. The van der Waals surface area contributed by atoms with Gasteiger partial charge in [-0.15, -0.1) is 0 Å². The molecule has 6 nitrogen and oxygen atoms in total. The molecule has 1 amide bonds. The lowest BCUT2D eigenvalue weighted by Gasteiger charge is -2.32. The average Bonchev–Trinajstić information content (AvgIpc) is 3.21. The molecule has 0 spiro atoms. The van der Waals surface area contributed by atoms with Crippen LogP contribution >= 0.6 is 0 Å². The van der Waals surface area contributed by atoms with Gasteiger partial charge in [0.25, 0.3) is 0 Å². The largest absolute Gasteiger partial charge is 0.383 e. The first-order valence-electron chi connectivity index (χ1n) is 7.65. The number of nitrogens with one attached hydrogen (secondary N) is 1. The van der Waals surface area contributed by atoms with E-state index in [1.54, 1.807) is 7.11 Å². The van der Waals surface area contributed by atoms with Crippen LogP contribution in [0.3, 0.4) is 0 Å². The van der Waals surface area contributed by atoms with Crippen molar-refractivity contribution in [1.29, 1.82) is 0 Å². The molecule has 1 heterocycles. The molecule has 0 aromatic carbocycles. The molecule has 0 bridgehead atoms. The van der Waals surface area contributed by atoms with E-state index >= 15 is 0 Å². The second-order valence-corrected chi connectivity index (χ2v) is 8.36. The second kappa shape index (κ2) is 7.07. The SMILES string of the molecule is COCCN(C(=O)CC1CS(=O)(=O)CCN1)C(C)C1CC1. The van der Waals surface area contributed by atoms with Gasteiger partial charge in [0, 0.05) is 38.7 Å². The minimum atomic E-state index is -3.00. The fraction of sp³-hybridized carbons (Fsp3) is 0.929. The summed E-state index contributed by atoms with van der Waals surface area (Å²) < 4.78 is 28.4. The molecule has 122 valence electrons. The molecule has 21 heavy (non-hydrogen) atoms. The van der Waals surface area contributed by atoms with Crippen molar-refractivity contribution >= 4 is 15.7 Å². The molecule has 1 saturated carbocycles. The number of amides is 1. The minimum Gasteiger partial charge on any atom is -0.383 e. The van der Waals surface area contributed by atoms with Crippen LogP contribution in [-0.2, 0) is 19.4 Å². The topological polar surface area (TPSA) is 75.7 Å². The van der Waals surface area contributed by atoms with Crippen molar-refractivity contribution in [3.63, 3.8) is 0 Å². The second-order valence-electron chi connectivity index (χ2n) is 6.13. The van der Waals surface area contributed by atoms with Gasteiger partial charge in [-0.1, -0.05) is 0 Å². The summed E-state index contributed by atoms with van der Waals surface area (Å²) in [6.07, 6.45) is 2.60. The van der Waals surface area contributed by atoms with Gasteiger partial charge in [-0.2, -0.15) is 0 Å². The number of ether oxygens (including phenoxy) is 1. The molecule has 1 aliphatic heterocycles. The molecule has 0 aromatic rings. The maximum Gasteiger partial charge on any atom is 0.224 e. The van der Waals surface area contributed by atoms with Crippen molar-refractivity contribution in [2.24, 2.45) is 5.92 Å². The molecule has 2 fully saturated rings. The highest BCUT2D eigenvalue weighted by atomic mass is 32.2. The van der Waals surface area contributed by atoms with Crippen LogP contribution in [0.15, 0.2) is 0 Å². The number of rotatable bonds is 7. The molecule has 0 radical (unpaired) electrons. The zero-order valence-electron chi connectivity index (χ0n) is 12.9. The Labute approximate surface area is 127 Å². The van der Waals surface area contributed by atoms with Crippen LogP contribution in [0.2, 0.25) is 0 Å². The lowest BCUT2D eigenvalue weighted by molar-refractivity contribution is -0.134. The standard InChI is InChI=1S/C14H26N2O4S/c1-11(12-3-4-12)16(6-7-20-2)14(17)9-13-10-21(18,19)8-5-15-13/h11-13,15H,3-10H2,1-2H3. The first-order valence-corrected chi connectivity index (χ1v) is 9.47. The van der Waals surface area contributed by atoms with E-state index in [1.807, 2.05) is 4.90 Å². The van der Waals surface area contributed by atoms with Crippen molar-refractivity contribution in [2.75, 3.05) is 38.3 Å². The molecule has 0 aromatic heterocycles. The summed E-state index contributed by atoms with van der Waals surface area (Å²) in [6, 6.07) is -0.0412. The van der Waals surface area contributed by atoms with Gasteiger partial charge in [0.05, 0.1) is 18.1 Å². The Morgan fingerprint density at radius 3 is 2.71 bits per heavy atom. The Kier molecular flexibility index (Phi) is 5.62. The maximum absolute atomic E-state index is 12.5. The van der Waals surface area contributed by atoms with E-state index in [0.29, 0.717) is 25.6 Å². The van der Waals surface area contributed by atoms with Crippen molar-refractivity contribution in [1.82, 2.24) is 10.2 Å². The Morgan fingerprint density at radius 2 is 2.14 bits per heavy atom. The monoisotopic (exact) mass is 318 g/mol. The predicted octanol–water partition coefficient (Wildman–Crippen LogP) is 0.0366. The van der Waals surface area contributed by atoms with E-state index in [1.165, 1.54) is 12.8 Å². The highest BCUT2D eigenvalue weighted by Gasteiger charge is 2.35. The smallest absolute Gasteiger partial charge is 0.224 e. The summed E-state index contributed by atoms with van der Waals surface area (Å²) in [5.74, 6) is 0.855. The molecule has 2 unspecified atom stereocenters. The first-order chi connectivity index (χ1) is 9.93. The van der Waals surface area contributed by atoms with Crippen LogP contribution in [0.5, 0.6) is 0 Å². The van der Waals surface area contributed by atoms with Crippen molar-refractivity contribution < 1.29 is 17.9 Å². The Morgan fingerprint density at radius 1 is 1.43 bits per heavy atom. The number of carbonyl (C=O) groups excluding carboxylic acids is 1. The lowest BCUT2D eigenvalue weighted by Crippen LogP contribution is -2.49. The van der Waals surface area contributed by atoms with Gasteiger partial charge in [0.15, 0.2) is 9.84 Å². The van der Waals surface area contributed by atoms with Gasteiger partial charge in [-0.3, -0.25) is 4.79 Å². The highest BCUT2D eigenvalue weighted by molar-refractivity contribution is 7.91. The summed E-state index contributed by atoms with van der Waals surface area (Å²) in [6.45, 7) is 3.61. The van der Waals surface area contributed by atoms with Crippen molar-refractivity contribution in [3.05, 3.63) is 0 Å². The predicted molar refractivity (Wildman–Crippen MR) is 80.8 cm³/mol. The van der Waals surface area contributed by atoms with Crippen LogP contribution in [0.4, 0.5) is 0 Å². The summed E-state index contributed by atoms with van der Waals surface area (Å²) in [4.78, 5) is 14.4. The van der Waals surface area contributed by atoms with Crippen LogP contribution < -0.4 is 5.32 Å². The summed E-state index contributed by atoms with van der Waals surface area (Å²) in [5, 5.41) is 3.14. The Bertz CT molecular complexity index is 462. The van der Waals surface area contributed by atoms with Crippen molar-refractivity contribution in [3.8, 4) is 0 Å². The van der Waals surface area contributed by atoms with Crippen LogP contribution in [0.25, 0.3) is 0 Å². The fourth-order valence-electron chi connectivity index (χ4n) is 2.90. The zero-order chi connectivity index (χ0) is 15.5. The molecular weight excluding hydrogens is 292 g/mol. The van der Waals surface area contributed by atoms with Gasteiger partial charge in [-0.25, -0.2) is 8.42 Å². The quantitative estimate of drug-likeness (QED) is 0.717. The van der Waals surface area contributed by atoms with E-state index < -0.39 is 9.84 Å². The number of carbonyl (C=O) groups is 1. The third-order valence-electron chi connectivity index (χ3n) is 4.37. The van der Waals surface area contributed by atoms with Crippen LogP contribution in [0.1, 0.15) is 26.2 Å². The maximum atomic E-state index is 12.5. The van der Waals surface area contributed by atoms with E-state index in [2.05, 4.69) is 12.2 Å². The molecule has 2 atom stereocenters. The van der Waals surface area contributed by atoms with Crippen LogP contribution in [0, 0.1) is 5.92 Å². The fourth-order valence-corrected chi connectivity index (χ4v) is 4.35. The van der Waals surface area contributed by atoms with Crippen molar-refractivity contribution in [2.45, 2.75) is 38.3 Å². The van der Waals surface area contributed by atoms with Gasteiger partial charge in [0.2, 0.25) is 5.91 Å². The molecule has 1 saturated heterocycles. The normalized spacial score (nSPS) is 26.3. The van der Waals surface area contributed by atoms with E-state index in [0.717, 1.165) is 0 Å². The third-order valence-corrected chi connectivity index (χ3v) is 6.11. The summed E-state index contributed by atoms with van der Waals surface area (Å²) in [7, 11) is -1.38. The summed E-state index contributed by atoms with van der Waals surface area (Å²) in [5.41, 5.74) is 0. The molecule has 7 heteroatoms. The van der Waals surface area contributed by atoms with Gasteiger partial charge in [0.1, 0.15) is 0 Å². The van der Waals surface area contributed by atoms with Gasteiger partial charge < -0.3 is 15.0 Å². The number of methoxy groups -OCH3 is 1. The Balaban J connectivity index is 1.93. The van der Waals surface area contributed by atoms with E-state index in [9.17, 15) is 13.2 Å². The summed E-state index contributed by atoms with van der Waals surface area (Å²) >= 11 is 0. The number of nitrogens with zero attached hydrogens (tertiary/aromatic N) is 1. The average molecular weight is 318 g/mol. The number of sulfone groups is 1. The molecule has 1 N–H and O–H groups in total. The first kappa shape index (κ1) is 16.7. The van der Waals surface area contributed by atoms with Gasteiger partial charge >= 0.3 is 0 Å². The molecule has 2 rings (SSSR count). The van der Waals surface area contributed by atoms with E-state index in [4.69, 9.17) is 4.74 Å². The Hall–Kier alpha value is -0.660. The lowest BCUT2D eigenvalue weighted by atomic mass is 10.1. The number of hydrogen-bond donors (Lipinski definition) is 1. The zero-order valence-corrected chi connectivity index (χ0v) is 13.7. The molecule has 1 aliphatic carbocycles. The van der Waals surface area contributed by atoms with Crippen LogP contribution in [-0.4, -0.2) is 69.6 Å². The number of hydrogen-bond acceptors (Lipinski definition) is 5. The molecule has 2 aliphatic rings. The third kappa shape index (κ3) is 4.93. The minimum absolute atomic E-state index is 0.0288.